The van der Waals surface area contributed by atoms with Gasteiger partial charge in [-0.2, -0.15) is 0 Å². The second-order valence-electron chi connectivity index (χ2n) is 6.76. The number of anilines is 1. The number of carbonyl (C=O) groups excluding carboxylic acids is 3. The molecule has 8 heteroatoms. The average Bonchev–Trinajstić information content (AvgIpc) is 3.28. The Balaban J connectivity index is 1.57. The Kier molecular flexibility index (Phi) is 4.84. The fourth-order valence-electron chi connectivity index (χ4n) is 3.73. The predicted molar refractivity (Wildman–Crippen MR) is 103 cm³/mol. The van der Waals surface area contributed by atoms with Gasteiger partial charge in [0.05, 0.1) is 19.8 Å². The molecule has 4 rings (SSSR count). The summed E-state index contributed by atoms with van der Waals surface area (Å²) in [4.78, 5) is 39.0. The van der Waals surface area contributed by atoms with E-state index in [2.05, 4.69) is 5.32 Å². The molecule has 0 aromatic heterocycles. The lowest BCUT2D eigenvalue weighted by molar-refractivity contribution is -0.144. The van der Waals surface area contributed by atoms with E-state index < -0.39 is 18.2 Å². The van der Waals surface area contributed by atoms with Crippen LogP contribution in [0.15, 0.2) is 42.5 Å². The number of nitrogens with one attached hydrogen (secondary N) is 1. The van der Waals surface area contributed by atoms with Crippen LogP contribution >= 0.6 is 0 Å². The molecule has 0 bridgehead atoms. The Morgan fingerprint density at radius 1 is 1.10 bits per heavy atom. The van der Waals surface area contributed by atoms with Gasteiger partial charge >= 0.3 is 5.97 Å². The van der Waals surface area contributed by atoms with E-state index in [4.69, 9.17) is 14.2 Å². The molecule has 0 aliphatic carbocycles. The zero-order valence-electron chi connectivity index (χ0n) is 16.0. The van der Waals surface area contributed by atoms with Gasteiger partial charge in [-0.05, 0) is 24.6 Å². The van der Waals surface area contributed by atoms with Crippen molar-refractivity contribution in [2.75, 3.05) is 19.5 Å². The van der Waals surface area contributed by atoms with Crippen molar-refractivity contribution in [1.29, 1.82) is 0 Å². The summed E-state index contributed by atoms with van der Waals surface area (Å²) in [6.45, 7) is 0. The number of cyclic esters (lactones) is 1. The van der Waals surface area contributed by atoms with E-state index in [1.54, 1.807) is 42.5 Å². The minimum Gasteiger partial charge on any atom is -0.493 e. The topological polar surface area (TPSA) is 94.2 Å². The van der Waals surface area contributed by atoms with Crippen molar-refractivity contribution in [3.05, 3.63) is 53.6 Å². The van der Waals surface area contributed by atoms with Crippen LogP contribution in [-0.2, 0) is 14.3 Å². The van der Waals surface area contributed by atoms with E-state index >= 15 is 0 Å². The van der Waals surface area contributed by atoms with E-state index in [1.165, 1.54) is 19.1 Å². The average molecular weight is 396 g/mol. The number of methoxy groups -OCH3 is 2. The van der Waals surface area contributed by atoms with Gasteiger partial charge < -0.3 is 19.5 Å². The van der Waals surface area contributed by atoms with Crippen molar-refractivity contribution in [3.8, 4) is 11.5 Å². The molecule has 2 aromatic rings. The number of benzene rings is 2. The summed E-state index contributed by atoms with van der Waals surface area (Å²) in [5.74, 6) is -0.0687. The van der Waals surface area contributed by atoms with E-state index in [0.29, 0.717) is 34.7 Å². The molecule has 0 spiro atoms. The second kappa shape index (κ2) is 7.46. The summed E-state index contributed by atoms with van der Waals surface area (Å²) in [6.07, 6.45) is -0.344. The molecule has 2 unspecified atom stereocenters. The molecule has 29 heavy (non-hydrogen) atoms. The molecule has 2 amide bonds. The van der Waals surface area contributed by atoms with Crippen molar-refractivity contribution in [2.24, 2.45) is 0 Å². The normalized spacial score (nSPS) is 20.3. The van der Waals surface area contributed by atoms with E-state index in [-0.39, 0.29) is 18.2 Å². The van der Waals surface area contributed by atoms with Crippen LogP contribution < -0.4 is 14.8 Å². The second-order valence-corrected chi connectivity index (χ2v) is 6.76. The first-order valence-electron chi connectivity index (χ1n) is 9.17. The summed E-state index contributed by atoms with van der Waals surface area (Å²) in [5, 5.41) is 2.81. The number of likely N-dealkylation sites (tertiary alicyclic amines) is 1. The van der Waals surface area contributed by atoms with Crippen LogP contribution in [0.4, 0.5) is 5.69 Å². The molecule has 150 valence electrons. The molecule has 1 fully saturated rings. The molecular formula is C21H20N2O6. The largest absolute Gasteiger partial charge is 0.493 e. The first-order chi connectivity index (χ1) is 14.0. The van der Waals surface area contributed by atoms with E-state index in [0.717, 1.165) is 0 Å². The van der Waals surface area contributed by atoms with E-state index in [9.17, 15) is 14.4 Å². The Morgan fingerprint density at radius 3 is 2.62 bits per heavy atom. The number of hydrogen-bond donors (Lipinski definition) is 1. The van der Waals surface area contributed by atoms with Gasteiger partial charge in [-0.3, -0.25) is 14.5 Å². The number of fused-ring (bicyclic) bond motifs is 1. The van der Waals surface area contributed by atoms with Crippen molar-refractivity contribution in [3.63, 3.8) is 0 Å². The van der Waals surface area contributed by atoms with E-state index in [1.807, 2.05) is 0 Å². The maximum Gasteiger partial charge on any atom is 0.340 e. The van der Waals surface area contributed by atoms with Crippen molar-refractivity contribution >= 4 is 23.5 Å². The van der Waals surface area contributed by atoms with Gasteiger partial charge in [-0.25, -0.2) is 4.79 Å². The highest BCUT2D eigenvalue weighted by atomic mass is 16.6. The summed E-state index contributed by atoms with van der Waals surface area (Å²) in [5.41, 5.74) is 1.52. The van der Waals surface area contributed by atoms with Crippen molar-refractivity contribution in [2.45, 2.75) is 25.1 Å². The zero-order valence-corrected chi connectivity index (χ0v) is 16.0. The standard InChI is InChI=1S/C21H20N2O6/c1-27-16-9-7-12(11-17(16)28-2)22-19(25)15-8-10-18(24)23(15)20-13-5-3-4-6-14(13)21(26)29-20/h3-7,9,11,15,20H,8,10H2,1-2H3,(H,22,25). The molecule has 2 aromatic carbocycles. The number of ether oxygens (including phenoxy) is 3. The Hall–Kier alpha value is -3.55. The first-order valence-corrected chi connectivity index (χ1v) is 9.17. The van der Waals surface area contributed by atoms with Crippen molar-refractivity contribution in [1.82, 2.24) is 4.90 Å². The van der Waals surface area contributed by atoms with Crippen LogP contribution in [0.1, 0.15) is 35.0 Å². The molecule has 2 aliphatic heterocycles. The summed E-state index contributed by atoms with van der Waals surface area (Å²) < 4.78 is 15.9. The van der Waals surface area contributed by atoms with Gasteiger partial charge in [0.15, 0.2) is 11.5 Å². The van der Waals surface area contributed by atoms with Gasteiger partial charge in [0, 0.05) is 23.7 Å². The number of amides is 2. The number of hydrogen-bond acceptors (Lipinski definition) is 6. The SMILES string of the molecule is COc1ccc(NC(=O)C2CCC(=O)N2C2OC(=O)c3ccccc32)cc1OC. The molecule has 1 N–H and O–H groups in total. The highest BCUT2D eigenvalue weighted by Gasteiger charge is 2.46. The Bertz CT molecular complexity index is 989. The van der Waals surface area contributed by atoms with Crippen molar-refractivity contribution < 1.29 is 28.6 Å². The Labute approximate surface area is 167 Å². The van der Waals surface area contributed by atoms with Crippen LogP contribution in [0.5, 0.6) is 11.5 Å². The minimum atomic E-state index is -0.894. The molecule has 8 nitrogen and oxygen atoms in total. The molecule has 0 radical (unpaired) electrons. The number of esters is 1. The number of rotatable bonds is 5. The molecule has 0 saturated carbocycles. The maximum atomic E-state index is 13.0. The van der Waals surface area contributed by atoms with Crippen LogP contribution in [0.25, 0.3) is 0 Å². The van der Waals surface area contributed by atoms with Crippen LogP contribution in [0, 0.1) is 0 Å². The lowest BCUT2D eigenvalue weighted by Crippen LogP contribution is -2.43. The summed E-state index contributed by atoms with van der Waals surface area (Å²) in [6, 6.07) is 11.1. The van der Waals surface area contributed by atoms with Gasteiger partial charge in [-0.15, -0.1) is 0 Å². The fourth-order valence-corrected chi connectivity index (χ4v) is 3.73. The minimum absolute atomic E-state index is 0.209. The molecule has 1 saturated heterocycles. The lowest BCUT2D eigenvalue weighted by atomic mass is 10.1. The smallest absolute Gasteiger partial charge is 0.340 e. The lowest BCUT2D eigenvalue weighted by Gasteiger charge is -2.29. The monoisotopic (exact) mass is 396 g/mol. The summed E-state index contributed by atoms with van der Waals surface area (Å²) in [7, 11) is 3.03. The number of nitrogens with zero attached hydrogens (tertiary/aromatic N) is 1. The van der Waals surface area contributed by atoms with Crippen LogP contribution in [0.3, 0.4) is 0 Å². The molecule has 2 aliphatic rings. The molecule has 2 atom stereocenters. The number of carbonyl (C=O) groups is 3. The highest BCUT2D eigenvalue weighted by molar-refractivity contribution is 6.00. The third-order valence-corrected chi connectivity index (χ3v) is 5.13. The fraction of sp³-hybridized carbons (Fsp3) is 0.286. The zero-order chi connectivity index (χ0) is 20.5. The predicted octanol–water partition coefficient (Wildman–Crippen LogP) is 2.50. The van der Waals surface area contributed by atoms with Crippen LogP contribution in [-0.4, -0.2) is 42.9 Å². The third kappa shape index (κ3) is 3.26. The van der Waals surface area contributed by atoms with Gasteiger partial charge in [0.2, 0.25) is 18.0 Å². The Morgan fingerprint density at radius 2 is 1.86 bits per heavy atom. The van der Waals surface area contributed by atoms with Gasteiger partial charge in [-0.1, -0.05) is 18.2 Å². The quantitative estimate of drug-likeness (QED) is 0.781. The first kappa shape index (κ1) is 18.8. The molecule has 2 heterocycles. The maximum absolute atomic E-state index is 13.0. The van der Waals surface area contributed by atoms with Gasteiger partial charge in [0.1, 0.15) is 6.04 Å². The summed E-state index contributed by atoms with van der Waals surface area (Å²) >= 11 is 0. The highest BCUT2D eigenvalue weighted by Crippen LogP contribution is 2.38. The van der Waals surface area contributed by atoms with Crippen LogP contribution in [0.2, 0.25) is 0 Å². The van der Waals surface area contributed by atoms with Gasteiger partial charge in [0.25, 0.3) is 0 Å². The molecular weight excluding hydrogens is 376 g/mol. The third-order valence-electron chi connectivity index (χ3n) is 5.13.